The number of aliphatic hydroxyl groups is 1. The van der Waals surface area contributed by atoms with Crippen LogP contribution in [0.5, 0.6) is 5.75 Å². The van der Waals surface area contributed by atoms with E-state index in [1.54, 1.807) is 18.2 Å². The molecule has 1 saturated heterocycles. The molecule has 1 N–H and O–H groups in total. The number of benzene rings is 4. The standard InChI is InChI=1S/C40H45NO5S/c1-30(46-39(2,3)4)34-20-18-32(19-21-34)28-44-36-15-11-14-35(26-36)40(43,47-37-16-9-6-10-17-37)38(42)45-29-33-22-24-41(25-23-33)27-31-12-7-5-8-13-31/h5-21,26,33,43H,1,22-25,27-29H2,2-4H3/t40-/m1/s1. The van der Waals surface area contributed by atoms with Gasteiger partial charge in [-0.25, -0.2) is 4.79 Å². The number of nitrogens with zero attached hydrogens (tertiary/aromatic N) is 1. The lowest BCUT2D eigenvalue weighted by molar-refractivity contribution is -0.159. The highest BCUT2D eigenvalue weighted by Gasteiger charge is 2.42. The summed E-state index contributed by atoms with van der Waals surface area (Å²) in [5.74, 6) is 0.727. The van der Waals surface area contributed by atoms with Crippen molar-refractivity contribution < 1.29 is 24.1 Å². The maximum absolute atomic E-state index is 13.7. The summed E-state index contributed by atoms with van der Waals surface area (Å²) in [6.07, 6.45) is 1.87. The normalized spacial score (nSPS) is 15.4. The minimum Gasteiger partial charge on any atom is -0.489 e. The van der Waals surface area contributed by atoms with Crippen LogP contribution in [0.15, 0.2) is 121 Å². The number of ether oxygens (including phenoxy) is 3. The van der Waals surface area contributed by atoms with Crippen LogP contribution in [0.25, 0.3) is 5.76 Å². The van der Waals surface area contributed by atoms with Crippen LogP contribution in [-0.2, 0) is 32.4 Å². The van der Waals surface area contributed by atoms with Crippen molar-refractivity contribution in [3.8, 4) is 5.75 Å². The van der Waals surface area contributed by atoms with Crippen molar-refractivity contribution in [2.75, 3.05) is 19.7 Å². The predicted molar refractivity (Wildman–Crippen MR) is 189 cm³/mol. The fourth-order valence-electron chi connectivity index (χ4n) is 5.50. The number of piperidine rings is 1. The molecule has 5 rings (SSSR count). The van der Waals surface area contributed by atoms with Gasteiger partial charge in [0, 0.05) is 22.6 Å². The highest BCUT2D eigenvalue weighted by molar-refractivity contribution is 8.00. The summed E-state index contributed by atoms with van der Waals surface area (Å²) in [5.41, 5.74) is 3.25. The van der Waals surface area contributed by atoms with Crippen LogP contribution < -0.4 is 4.74 Å². The Morgan fingerprint density at radius 1 is 0.872 bits per heavy atom. The molecule has 0 radical (unpaired) electrons. The summed E-state index contributed by atoms with van der Waals surface area (Å²) in [6.45, 7) is 13.4. The fraction of sp³-hybridized carbons (Fsp3) is 0.325. The van der Waals surface area contributed by atoms with Crippen LogP contribution in [0.1, 0.15) is 55.9 Å². The first-order valence-electron chi connectivity index (χ1n) is 16.2. The Balaban J connectivity index is 1.22. The van der Waals surface area contributed by atoms with Gasteiger partial charge in [-0.15, -0.1) is 0 Å². The van der Waals surface area contributed by atoms with Gasteiger partial charge >= 0.3 is 5.97 Å². The lowest BCUT2D eigenvalue weighted by Gasteiger charge is -2.32. The number of likely N-dealkylation sites (tertiary alicyclic amines) is 1. The highest BCUT2D eigenvalue weighted by atomic mass is 32.2. The van der Waals surface area contributed by atoms with Crippen LogP contribution in [-0.4, -0.2) is 41.3 Å². The summed E-state index contributed by atoms with van der Waals surface area (Å²) in [4.78, 5) is 15.0. The number of hydrogen-bond donors (Lipinski definition) is 1. The van der Waals surface area contributed by atoms with Crippen molar-refractivity contribution in [1.29, 1.82) is 0 Å². The molecule has 0 saturated carbocycles. The summed E-state index contributed by atoms with van der Waals surface area (Å²) in [7, 11) is 0. The van der Waals surface area contributed by atoms with E-state index in [1.165, 1.54) is 5.56 Å². The fourth-order valence-corrected chi connectivity index (χ4v) is 6.52. The number of esters is 1. The molecule has 1 atom stereocenters. The molecule has 1 fully saturated rings. The highest BCUT2D eigenvalue weighted by Crippen LogP contribution is 2.41. The van der Waals surface area contributed by atoms with Gasteiger partial charge < -0.3 is 19.3 Å². The Bertz CT molecular complexity index is 1600. The molecule has 0 aromatic heterocycles. The molecule has 4 aromatic rings. The summed E-state index contributed by atoms with van der Waals surface area (Å²) in [5, 5.41) is 12.0. The topological polar surface area (TPSA) is 68.2 Å². The van der Waals surface area contributed by atoms with Gasteiger partial charge in [0.1, 0.15) is 23.7 Å². The molecule has 246 valence electrons. The maximum Gasteiger partial charge on any atom is 0.354 e. The quantitative estimate of drug-likeness (QED) is 0.0674. The van der Waals surface area contributed by atoms with Gasteiger partial charge in [0.25, 0.3) is 0 Å². The van der Waals surface area contributed by atoms with E-state index in [0.717, 1.165) is 60.3 Å². The molecule has 1 heterocycles. The van der Waals surface area contributed by atoms with Crippen molar-refractivity contribution in [1.82, 2.24) is 4.90 Å². The first-order chi connectivity index (χ1) is 22.6. The SMILES string of the molecule is C=C(OC(C)(C)C)c1ccc(COc2cccc([C@@](O)(Sc3ccccc3)C(=O)OCC3CCN(Cc4ccccc4)CC3)c2)cc1. The Labute approximate surface area is 283 Å². The Morgan fingerprint density at radius 3 is 2.19 bits per heavy atom. The third kappa shape index (κ3) is 9.97. The van der Waals surface area contributed by atoms with Crippen LogP contribution in [0.2, 0.25) is 0 Å². The number of rotatable bonds is 13. The number of carbonyl (C=O) groups excluding carboxylic acids is 1. The van der Waals surface area contributed by atoms with Crippen LogP contribution >= 0.6 is 11.8 Å². The molecular weight excluding hydrogens is 607 g/mol. The summed E-state index contributed by atoms with van der Waals surface area (Å²) < 4.78 is 17.9. The van der Waals surface area contributed by atoms with Gasteiger partial charge in [-0.1, -0.05) is 103 Å². The average molecular weight is 652 g/mol. The molecule has 0 amide bonds. The summed E-state index contributed by atoms with van der Waals surface area (Å²) in [6, 6.07) is 34.8. The van der Waals surface area contributed by atoms with Crippen LogP contribution in [0.4, 0.5) is 0 Å². The third-order valence-electron chi connectivity index (χ3n) is 8.03. The van der Waals surface area contributed by atoms with E-state index in [4.69, 9.17) is 14.2 Å². The lowest BCUT2D eigenvalue weighted by Crippen LogP contribution is -2.38. The number of hydrogen-bond acceptors (Lipinski definition) is 7. The second-order valence-electron chi connectivity index (χ2n) is 13.0. The van der Waals surface area contributed by atoms with E-state index in [0.29, 0.717) is 23.7 Å². The Morgan fingerprint density at radius 2 is 1.53 bits per heavy atom. The smallest absolute Gasteiger partial charge is 0.354 e. The van der Waals surface area contributed by atoms with Crippen LogP contribution in [0.3, 0.4) is 0 Å². The number of carbonyl (C=O) groups is 1. The second kappa shape index (κ2) is 15.7. The van der Waals surface area contributed by atoms with E-state index in [2.05, 4.69) is 35.7 Å². The van der Waals surface area contributed by atoms with Crippen molar-refractivity contribution in [2.24, 2.45) is 5.92 Å². The van der Waals surface area contributed by atoms with Gasteiger partial charge in [0.05, 0.1) is 6.61 Å². The Kier molecular flexibility index (Phi) is 11.5. The molecule has 7 heteroatoms. The molecular formula is C40H45NO5S. The van der Waals surface area contributed by atoms with Gasteiger partial charge in [-0.05, 0) is 88.0 Å². The minimum absolute atomic E-state index is 0.246. The van der Waals surface area contributed by atoms with E-state index in [1.807, 2.05) is 87.5 Å². The number of thioether (sulfide) groups is 1. The Hall–Kier alpha value is -4.04. The summed E-state index contributed by atoms with van der Waals surface area (Å²) >= 11 is 1.07. The molecule has 0 unspecified atom stereocenters. The van der Waals surface area contributed by atoms with Crippen LogP contribution in [0, 0.1) is 5.92 Å². The first-order valence-corrected chi connectivity index (χ1v) is 17.0. The van der Waals surface area contributed by atoms with Gasteiger partial charge in [0.2, 0.25) is 4.93 Å². The van der Waals surface area contributed by atoms with Gasteiger partial charge in [-0.2, -0.15) is 0 Å². The van der Waals surface area contributed by atoms with Crippen molar-refractivity contribution in [3.63, 3.8) is 0 Å². The predicted octanol–water partition coefficient (Wildman–Crippen LogP) is 8.44. The maximum atomic E-state index is 13.7. The molecule has 0 aliphatic carbocycles. The largest absolute Gasteiger partial charge is 0.489 e. The first kappa shape index (κ1) is 34.3. The van der Waals surface area contributed by atoms with E-state index in [-0.39, 0.29) is 18.1 Å². The molecule has 4 aromatic carbocycles. The lowest BCUT2D eigenvalue weighted by atomic mass is 9.97. The van der Waals surface area contributed by atoms with Crippen molar-refractivity contribution in [2.45, 2.75) is 62.2 Å². The molecule has 6 nitrogen and oxygen atoms in total. The van der Waals surface area contributed by atoms with Gasteiger partial charge in [0.15, 0.2) is 0 Å². The van der Waals surface area contributed by atoms with E-state index < -0.39 is 10.9 Å². The molecule has 1 aliphatic heterocycles. The van der Waals surface area contributed by atoms with E-state index in [9.17, 15) is 9.90 Å². The van der Waals surface area contributed by atoms with Gasteiger partial charge in [-0.3, -0.25) is 4.90 Å². The van der Waals surface area contributed by atoms with E-state index >= 15 is 0 Å². The second-order valence-corrected chi connectivity index (χ2v) is 14.3. The monoisotopic (exact) mass is 651 g/mol. The van der Waals surface area contributed by atoms with Crippen molar-refractivity contribution in [3.05, 3.63) is 138 Å². The molecule has 0 bridgehead atoms. The molecule has 0 spiro atoms. The van der Waals surface area contributed by atoms with Crippen molar-refractivity contribution >= 4 is 23.5 Å². The zero-order valence-electron chi connectivity index (χ0n) is 27.6. The molecule has 47 heavy (non-hydrogen) atoms. The molecule has 1 aliphatic rings. The zero-order valence-corrected chi connectivity index (χ0v) is 28.4. The average Bonchev–Trinajstić information content (AvgIpc) is 3.07. The minimum atomic E-state index is -1.95. The zero-order chi connectivity index (χ0) is 33.3. The third-order valence-corrected chi connectivity index (χ3v) is 9.23.